The van der Waals surface area contributed by atoms with Gasteiger partial charge in [0.05, 0.1) is 18.1 Å². The maximum atomic E-state index is 12.5. The van der Waals surface area contributed by atoms with Crippen molar-refractivity contribution in [3.8, 4) is 0 Å². The fourth-order valence-electron chi connectivity index (χ4n) is 3.75. The minimum atomic E-state index is -0.736. The standard InChI is InChI=1S/C14H15NO3/c16-13-11-9-6-7-10(18-9)12(11)14(17)15(13)8-4-2-1-3-5-8/h1-5,9-13,16H,6-7H2. The Morgan fingerprint density at radius 3 is 2.61 bits per heavy atom. The molecule has 1 amide bonds. The second-order valence-corrected chi connectivity index (χ2v) is 5.35. The zero-order valence-corrected chi connectivity index (χ0v) is 9.90. The van der Waals surface area contributed by atoms with Gasteiger partial charge in [-0.15, -0.1) is 0 Å². The van der Waals surface area contributed by atoms with Crippen molar-refractivity contribution >= 4 is 11.6 Å². The van der Waals surface area contributed by atoms with Gasteiger partial charge < -0.3 is 9.84 Å². The highest BCUT2D eigenvalue weighted by molar-refractivity contribution is 5.98. The van der Waals surface area contributed by atoms with Crippen LogP contribution < -0.4 is 4.90 Å². The Kier molecular flexibility index (Phi) is 2.08. The van der Waals surface area contributed by atoms with E-state index < -0.39 is 6.23 Å². The van der Waals surface area contributed by atoms with Crippen molar-refractivity contribution in [3.05, 3.63) is 30.3 Å². The van der Waals surface area contributed by atoms with Crippen LogP contribution in [-0.2, 0) is 9.53 Å². The van der Waals surface area contributed by atoms with E-state index in [1.807, 2.05) is 30.3 Å². The van der Waals surface area contributed by atoms with E-state index in [4.69, 9.17) is 4.74 Å². The molecule has 4 nitrogen and oxygen atoms in total. The fourth-order valence-corrected chi connectivity index (χ4v) is 3.75. The number of ether oxygens (including phenoxy) is 1. The van der Waals surface area contributed by atoms with E-state index in [0.29, 0.717) is 0 Å². The number of hydrogen-bond donors (Lipinski definition) is 1. The average Bonchev–Trinajstić information content (AvgIpc) is 3.05. The molecular weight excluding hydrogens is 230 g/mol. The number of aliphatic hydroxyl groups excluding tert-OH is 1. The molecule has 4 heteroatoms. The first-order valence-corrected chi connectivity index (χ1v) is 6.49. The zero-order valence-electron chi connectivity index (χ0n) is 9.90. The molecule has 0 spiro atoms. The molecule has 0 aromatic heterocycles. The minimum Gasteiger partial charge on any atom is -0.374 e. The van der Waals surface area contributed by atoms with Crippen LogP contribution in [0.25, 0.3) is 0 Å². The highest BCUT2D eigenvalue weighted by Crippen LogP contribution is 2.50. The number of carbonyl (C=O) groups is 1. The normalized spacial score (nSPS) is 41.5. The van der Waals surface area contributed by atoms with Crippen molar-refractivity contribution in [2.45, 2.75) is 31.3 Å². The number of para-hydroxylation sites is 1. The smallest absolute Gasteiger partial charge is 0.235 e. The van der Waals surface area contributed by atoms with E-state index >= 15 is 0 Å². The third-order valence-electron chi connectivity index (χ3n) is 4.50. The Morgan fingerprint density at radius 1 is 1.17 bits per heavy atom. The number of aliphatic hydroxyl groups is 1. The first-order valence-electron chi connectivity index (χ1n) is 6.49. The number of amides is 1. The molecule has 18 heavy (non-hydrogen) atoms. The van der Waals surface area contributed by atoms with Crippen LogP contribution in [0.4, 0.5) is 5.69 Å². The Balaban J connectivity index is 1.73. The van der Waals surface area contributed by atoms with E-state index in [2.05, 4.69) is 0 Å². The largest absolute Gasteiger partial charge is 0.374 e. The van der Waals surface area contributed by atoms with Gasteiger partial charge in [-0.1, -0.05) is 18.2 Å². The third-order valence-corrected chi connectivity index (χ3v) is 4.50. The van der Waals surface area contributed by atoms with Crippen LogP contribution in [0.3, 0.4) is 0 Å². The third kappa shape index (κ3) is 1.19. The molecule has 3 aliphatic rings. The van der Waals surface area contributed by atoms with Gasteiger partial charge in [-0.2, -0.15) is 0 Å². The fraction of sp³-hybridized carbons (Fsp3) is 0.500. The average molecular weight is 245 g/mol. The summed E-state index contributed by atoms with van der Waals surface area (Å²) in [6.07, 6.45) is 1.27. The molecule has 3 saturated heterocycles. The van der Waals surface area contributed by atoms with Crippen LogP contribution >= 0.6 is 0 Å². The lowest BCUT2D eigenvalue weighted by molar-refractivity contribution is -0.122. The summed E-state index contributed by atoms with van der Waals surface area (Å²) in [4.78, 5) is 14.0. The minimum absolute atomic E-state index is 0.0194. The Bertz CT molecular complexity index is 489. The molecule has 1 aromatic carbocycles. The predicted octanol–water partition coefficient (Wildman–Crippen LogP) is 1.15. The number of carbonyl (C=O) groups excluding carboxylic acids is 1. The van der Waals surface area contributed by atoms with Crippen molar-refractivity contribution in [2.75, 3.05) is 4.90 Å². The van der Waals surface area contributed by atoms with Gasteiger partial charge in [0.15, 0.2) is 0 Å². The topological polar surface area (TPSA) is 49.8 Å². The maximum Gasteiger partial charge on any atom is 0.235 e. The molecule has 5 atom stereocenters. The van der Waals surface area contributed by atoms with Crippen LogP contribution in [-0.4, -0.2) is 29.4 Å². The highest BCUT2D eigenvalue weighted by Gasteiger charge is 2.62. The molecule has 3 heterocycles. The van der Waals surface area contributed by atoms with Gasteiger partial charge in [0.2, 0.25) is 5.91 Å². The van der Waals surface area contributed by atoms with Crippen molar-refractivity contribution in [2.24, 2.45) is 11.8 Å². The van der Waals surface area contributed by atoms with Gasteiger partial charge in [-0.3, -0.25) is 9.69 Å². The molecular formula is C14H15NO3. The Labute approximate surface area is 105 Å². The van der Waals surface area contributed by atoms with Gasteiger partial charge in [0.1, 0.15) is 6.23 Å². The number of rotatable bonds is 1. The van der Waals surface area contributed by atoms with Crippen molar-refractivity contribution in [1.82, 2.24) is 0 Å². The summed E-state index contributed by atoms with van der Waals surface area (Å²) < 4.78 is 5.76. The molecule has 0 radical (unpaired) electrons. The molecule has 94 valence electrons. The molecule has 3 aliphatic heterocycles. The first kappa shape index (κ1) is 10.5. The number of benzene rings is 1. The summed E-state index contributed by atoms with van der Waals surface area (Å²) in [7, 11) is 0. The molecule has 5 unspecified atom stereocenters. The Morgan fingerprint density at radius 2 is 1.89 bits per heavy atom. The van der Waals surface area contributed by atoms with E-state index in [0.717, 1.165) is 18.5 Å². The summed E-state index contributed by atoms with van der Waals surface area (Å²) in [5.74, 6) is -0.165. The van der Waals surface area contributed by atoms with E-state index in [1.165, 1.54) is 0 Å². The summed E-state index contributed by atoms with van der Waals surface area (Å²) in [5.41, 5.74) is 0.781. The quantitative estimate of drug-likeness (QED) is 0.807. The molecule has 4 rings (SSSR count). The van der Waals surface area contributed by atoms with E-state index in [-0.39, 0.29) is 30.0 Å². The van der Waals surface area contributed by atoms with Gasteiger partial charge in [0, 0.05) is 11.6 Å². The molecule has 0 aliphatic carbocycles. The van der Waals surface area contributed by atoms with Crippen LogP contribution in [0, 0.1) is 11.8 Å². The van der Waals surface area contributed by atoms with Gasteiger partial charge in [0.25, 0.3) is 0 Å². The van der Waals surface area contributed by atoms with Crippen molar-refractivity contribution in [3.63, 3.8) is 0 Å². The van der Waals surface area contributed by atoms with Crippen LogP contribution in [0.1, 0.15) is 12.8 Å². The van der Waals surface area contributed by atoms with Gasteiger partial charge in [-0.05, 0) is 25.0 Å². The lowest BCUT2D eigenvalue weighted by Crippen LogP contribution is -2.38. The monoisotopic (exact) mass is 245 g/mol. The highest BCUT2D eigenvalue weighted by atomic mass is 16.5. The summed E-state index contributed by atoms with van der Waals surface area (Å²) in [6, 6.07) is 9.41. The summed E-state index contributed by atoms with van der Waals surface area (Å²) >= 11 is 0. The second kappa shape index (κ2) is 3.56. The van der Waals surface area contributed by atoms with Gasteiger partial charge >= 0.3 is 0 Å². The maximum absolute atomic E-state index is 12.5. The SMILES string of the molecule is O=C1C2C3CCC(O3)C2C(O)N1c1ccccc1. The van der Waals surface area contributed by atoms with E-state index in [1.54, 1.807) is 4.90 Å². The number of nitrogens with zero attached hydrogens (tertiary/aromatic N) is 1. The molecule has 1 N–H and O–H groups in total. The van der Waals surface area contributed by atoms with Crippen molar-refractivity contribution < 1.29 is 14.6 Å². The van der Waals surface area contributed by atoms with Crippen molar-refractivity contribution in [1.29, 1.82) is 0 Å². The molecule has 1 aromatic rings. The number of hydrogen-bond acceptors (Lipinski definition) is 3. The number of fused-ring (bicyclic) bond motifs is 5. The van der Waals surface area contributed by atoms with E-state index in [9.17, 15) is 9.90 Å². The van der Waals surface area contributed by atoms with Crippen LogP contribution in [0.2, 0.25) is 0 Å². The molecule has 3 fully saturated rings. The van der Waals surface area contributed by atoms with Crippen LogP contribution in [0.5, 0.6) is 0 Å². The lowest BCUT2D eigenvalue weighted by atomic mass is 9.81. The predicted molar refractivity (Wildman–Crippen MR) is 64.8 cm³/mol. The lowest BCUT2D eigenvalue weighted by Gasteiger charge is -2.25. The summed E-state index contributed by atoms with van der Waals surface area (Å²) in [5, 5.41) is 10.4. The second-order valence-electron chi connectivity index (χ2n) is 5.35. The number of anilines is 1. The van der Waals surface area contributed by atoms with Gasteiger partial charge in [-0.25, -0.2) is 0 Å². The van der Waals surface area contributed by atoms with Crippen LogP contribution in [0.15, 0.2) is 30.3 Å². The first-order chi connectivity index (χ1) is 8.77. The Hall–Kier alpha value is -1.39. The summed E-state index contributed by atoms with van der Waals surface area (Å²) in [6.45, 7) is 0. The zero-order chi connectivity index (χ0) is 12.3. The molecule has 0 saturated carbocycles. The molecule has 2 bridgehead atoms.